The molecule has 0 saturated carbocycles. The Bertz CT molecular complexity index is 1140. The van der Waals surface area contributed by atoms with Crippen molar-refractivity contribution in [2.45, 2.75) is 137 Å². The van der Waals surface area contributed by atoms with Crippen LogP contribution in [0.25, 0.3) is 0 Å². The van der Waals surface area contributed by atoms with Crippen molar-refractivity contribution in [1.29, 1.82) is 0 Å². The lowest BCUT2D eigenvalue weighted by atomic mass is 9.94. The van der Waals surface area contributed by atoms with E-state index in [9.17, 15) is 65.8 Å². The Morgan fingerprint density at radius 2 is 1.06 bits per heavy atom. The molecule has 296 valence electrons. The third kappa shape index (κ3) is 9.29. The molecule has 23 nitrogen and oxygen atoms in total. The van der Waals surface area contributed by atoms with Gasteiger partial charge in [0.05, 0.1) is 25.9 Å². The van der Waals surface area contributed by atoms with Crippen LogP contribution in [0.4, 0.5) is 0 Å². The lowest BCUT2D eigenvalue weighted by Crippen LogP contribution is -2.69. The highest BCUT2D eigenvalue weighted by Crippen LogP contribution is 2.36. The fourth-order valence-corrected chi connectivity index (χ4v) is 6.14. The first-order valence-corrected chi connectivity index (χ1v) is 16.0. The maximum absolute atomic E-state index is 12.0. The molecule has 4 aliphatic heterocycles. The van der Waals surface area contributed by atoms with Crippen LogP contribution in [-0.2, 0) is 47.5 Å². The van der Waals surface area contributed by atoms with Crippen LogP contribution in [-0.4, -0.2) is 222 Å². The van der Waals surface area contributed by atoms with Crippen LogP contribution in [0, 0.1) is 0 Å². The van der Waals surface area contributed by atoms with Gasteiger partial charge in [-0.15, -0.1) is 0 Å². The lowest BCUT2D eigenvalue weighted by Gasteiger charge is -2.50. The Kier molecular flexibility index (Phi) is 14.8. The summed E-state index contributed by atoms with van der Waals surface area (Å²) in [5.74, 6) is -2.15. The van der Waals surface area contributed by atoms with Gasteiger partial charge in [0.2, 0.25) is 5.91 Å². The van der Waals surface area contributed by atoms with Crippen molar-refractivity contribution in [3.05, 3.63) is 0 Å². The molecule has 4 aliphatic rings. The monoisotopic (exact) mass is 749 g/mol. The molecule has 51 heavy (non-hydrogen) atoms. The number of hydrogen-bond acceptors (Lipinski definition) is 21. The van der Waals surface area contributed by atoms with Crippen LogP contribution >= 0.6 is 0 Å². The van der Waals surface area contributed by atoms with Gasteiger partial charge in [0.1, 0.15) is 98.1 Å². The number of ether oxygens (including phenoxy) is 8. The van der Waals surface area contributed by atoms with E-state index in [1.165, 1.54) is 6.92 Å². The van der Waals surface area contributed by atoms with Crippen LogP contribution in [0.1, 0.15) is 13.8 Å². The summed E-state index contributed by atoms with van der Waals surface area (Å²) < 4.78 is 45.3. The molecule has 1 amide bonds. The standard InChI is InChI=1S/C28H47NO22/c1-7-14(36)18(40)20(42)26(45-7)51-24-23(50-27-21(43)19(41)15(37)9(3-30)46-27)16(38)10(4-31)47-28(24)49-22-11(5-32)48-25(44-6-12(34)35)13(17(22)39)29-8(2)33/h7,9-11,13-28,30-32,36-43H,3-6H2,1-2H3,(H,29,33)(H,34,35)/t7-,9+,10+,11+,13+,14+,15-,16-,17+,18+,19-,20-,21+,22+,23-,24+,25-,26-,27-,28-/m0/s1. The molecule has 0 unspecified atom stereocenters. The molecule has 4 saturated heterocycles. The number of nitrogens with one attached hydrogen (secondary N) is 1. The lowest BCUT2D eigenvalue weighted by molar-refractivity contribution is -0.402. The van der Waals surface area contributed by atoms with E-state index < -0.39 is 161 Å². The Morgan fingerprint density at radius 1 is 0.569 bits per heavy atom. The maximum atomic E-state index is 12.0. The van der Waals surface area contributed by atoms with Gasteiger partial charge in [0.15, 0.2) is 25.2 Å². The molecule has 0 aromatic carbocycles. The first kappa shape index (κ1) is 41.9. The summed E-state index contributed by atoms with van der Waals surface area (Å²) in [5.41, 5.74) is 0. The van der Waals surface area contributed by atoms with E-state index in [0.717, 1.165) is 6.92 Å². The molecule has 4 heterocycles. The normalized spacial score (nSPS) is 47.9. The molecule has 0 spiro atoms. The predicted molar refractivity (Wildman–Crippen MR) is 155 cm³/mol. The number of carbonyl (C=O) groups is 2. The summed E-state index contributed by atoms with van der Waals surface area (Å²) in [7, 11) is 0. The van der Waals surface area contributed by atoms with Crippen LogP contribution in [0.5, 0.6) is 0 Å². The van der Waals surface area contributed by atoms with Gasteiger partial charge in [-0.2, -0.15) is 0 Å². The third-order valence-electron chi connectivity index (χ3n) is 8.92. The van der Waals surface area contributed by atoms with Gasteiger partial charge in [-0.1, -0.05) is 0 Å². The van der Waals surface area contributed by atoms with Crippen molar-refractivity contribution in [2.24, 2.45) is 0 Å². The van der Waals surface area contributed by atoms with Gasteiger partial charge in [-0.25, -0.2) is 4.79 Å². The minimum Gasteiger partial charge on any atom is -0.480 e. The summed E-state index contributed by atoms with van der Waals surface area (Å²) >= 11 is 0. The Hall–Kier alpha value is -1.82. The second-order valence-corrected chi connectivity index (χ2v) is 12.5. The highest BCUT2D eigenvalue weighted by atomic mass is 16.8. The summed E-state index contributed by atoms with van der Waals surface area (Å²) in [5, 5.41) is 127. The molecule has 20 atom stereocenters. The van der Waals surface area contributed by atoms with Crippen molar-refractivity contribution in [3.8, 4) is 0 Å². The van der Waals surface area contributed by atoms with Crippen LogP contribution in [0.2, 0.25) is 0 Å². The zero-order valence-corrected chi connectivity index (χ0v) is 27.3. The number of carboxylic acids is 1. The maximum Gasteiger partial charge on any atom is 0.329 e. The van der Waals surface area contributed by atoms with E-state index in [4.69, 9.17) is 43.0 Å². The van der Waals surface area contributed by atoms with Crippen molar-refractivity contribution < 1.29 is 109 Å². The highest BCUT2D eigenvalue weighted by molar-refractivity contribution is 5.73. The molecule has 0 aromatic rings. The van der Waals surface area contributed by atoms with Gasteiger partial charge >= 0.3 is 5.97 Å². The van der Waals surface area contributed by atoms with Gasteiger partial charge in [0, 0.05) is 6.92 Å². The average Bonchev–Trinajstić information content (AvgIpc) is 3.09. The smallest absolute Gasteiger partial charge is 0.329 e. The topological polar surface area (TPSA) is 363 Å². The summed E-state index contributed by atoms with van der Waals surface area (Å²) in [4.78, 5) is 23.2. The number of aliphatic hydroxyl groups excluding tert-OH is 11. The largest absolute Gasteiger partial charge is 0.480 e. The molecule has 4 fully saturated rings. The minimum absolute atomic E-state index is 0.724. The molecular weight excluding hydrogens is 702 g/mol. The fraction of sp³-hybridized carbons (Fsp3) is 0.929. The second kappa shape index (κ2) is 18.0. The number of aliphatic hydroxyl groups is 11. The Morgan fingerprint density at radius 3 is 1.63 bits per heavy atom. The van der Waals surface area contributed by atoms with Crippen LogP contribution in [0.15, 0.2) is 0 Å². The molecule has 0 aliphatic carbocycles. The van der Waals surface area contributed by atoms with Crippen molar-refractivity contribution in [3.63, 3.8) is 0 Å². The van der Waals surface area contributed by atoms with E-state index in [0.29, 0.717) is 0 Å². The summed E-state index contributed by atoms with van der Waals surface area (Å²) in [6.45, 7) is -1.26. The van der Waals surface area contributed by atoms with Crippen molar-refractivity contribution >= 4 is 11.9 Å². The molecule has 13 N–H and O–H groups in total. The van der Waals surface area contributed by atoms with E-state index in [1.807, 2.05) is 0 Å². The van der Waals surface area contributed by atoms with Crippen LogP contribution < -0.4 is 5.32 Å². The van der Waals surface area contributed by atoms with Crippen molar-refractivity contribution in [1.82, 2.24) is 5.32 Å². The first-order valence-electron chi connectivity index (χ1n) is 16.0. The Labute approximate surface area is 289 Å². The van der Waals surface area contributed by atoms with E-state index in [-0.39, 0.29) is 0 Å². The fourth-order valence-electron chi connectivity index (χ4n) is 6.14. The predicted octanol–water partition coefficient (Wildman–Crippen LogP) is -8.47. The number of rotatable bonds is 13. The zero-order valence-electron chi connectivity index (χ0n) is 27.3. The van der Waals surface area contributed by atoms with E-state index >= 15 is 0 Å². The summed E-state index contributed by atoms with van der Waals surface area (Å²) in [6, 6.07) is -1.53. The third-order valence-corrected chi connectivity index (χ3v) is 8.92. The molecule has 0 radical (unpaired) electrons. The first-order chi connectivity index (χ1) is 24.0. The minimum atomic E-state index is -2.02. The van der Waals surface area contributed by atoms with E-state index in [2.05, 4.69) is 5.32 Å². The zero-order chi connectivity index (χ0) is 37.9. The number of carboxylic acid groups (broad SMARTS) is 1. The average molecular weight is 750 g/mol. The molecule has 0 bridgehead atoms. The van der Waals surface area contributed by atoms with Gasteiger partial charge in [-0.05, 0) is 6.92 Å². The van der Waals surface area contributed by atoms with Gasteiger partial charge < -0.3 is 104 Å². The number of carbonyl (C=O) groups excluding carboxylic acids is 1. The van der Waals surface area contributed by atoms with Crippen molar-refractivity contribution in [2.75, 3.05) is 26.4 Å². The molecule has 4 rings (SSSR count). The number of hydrogen-bond donors (Lipinski definition) is 13. The highest BCUT2D eigenvalue weighted by Gasteiger charge is 2.56. The molecule has 0 aromatic heterocycles. The van der Waals surface area contributed by atoms with Gasteiger partial charge in [0.25, 0.3) is 0 Å². The summed E-state index contributed by atoms with van der Waals surface area (Å²) in [6.07, 6.45) is -33.7. The molecular formula is C28H47NO22. The molecule has 23 heteroatoms. The SMILES string of the molecule is CC(=O)N[C@H]1[C@@H](OCC(=O)O)O[C@H](CO)[C@@H](O[C@@H]2O[C@H](CO)[C@H](O)[C@H](O[C@@H]3O[C@H](CO)[C@H](O)[C@H](O)[C@H]3O)[C@H]2O[C@@H]2O[C@@H](C)[C@@H](O)[C@@H](O)[C@@H]2O)[C@@H]1O. The Balaban J connectivity index is 1.71. The van der Waals surface area contributed by atoms with Gasteiger partial charge in [-0.3, -0.25) is 4.79 Å². The number of aliphatic carboxylic acids is 1. The number of amides is 1. The quantitative estimate of drug-likeness (QED) is 0.0831. The second-order valence-electron chi connectivity index (χ2n) is 12.5. The van der Waals surface area contributed by atoms with E-state index in [1.54, 1.807) is 0 Å². The van der Waals surface area contributed by atoms with Crippen LogP contribution in [0.3, 0.4) is 0 Å².